The SMILES string of the molecule is CC1=c2ccccc2=C/C(=C/c2ccc(C)o2)C1=O. The molecular formula is C17H14O2. The Bertz CT molecular complexity index is 804. The number of carbonyl (C=O) groups excluding carboxylic acids is 1. The van der Waals surface area contributed by atoms with Crippen molar-refractivity contribution in [2.45, 2.75) is 13.8 Å². The number of aryl methyl sites for hydroxylation is 1. The summed E-state index contributed by atoms with van der Waals surface area (Å²) in [7, 11) is 0. The van der Waals surface area contributed by atoms with Gasteiger partial charge in [0.05, 0.1) is 0 Å². The average Bonchev–Trinajstić information content (AvgIpc) is 2.81. The predicted octanol–water partition coefficient (Wildman–Crippen LogP) is 2.21. The minimum Gasteiger partial charge on any atom is -0.462 e. The molecule has 0 unspecified atom stereocenters. The lowest BCUT2D eigenvalue weighted by atomic mass is 9.95. The van der Waals surface area contributed by atoms with Crippen molar-refractivity contribution >= 4 is 23.5 Å². The summed E-state index contributed by atoms with van der Waals surface area (Å²) in [6.07, 6.45) is 3.72. The Labute approximate surface area is 111 Å². The number of allylic oxidation sites excluding steroid dienone is 1. The van der Waals surface area contributed by atoms with Crippen LogP contribution in [0.3, 0.4) is 0 Å². The molecule has 0 saturated carbocycles. The maximum atomic E-state index is 12.3. The molecule has 0 spiro atoms. The lowest BCUT2D eigenvalue weighted by molar-refractivity contribution is -0.110. The van der Waals surface area contributed by atoms with Crippen LogP contribution in [0.25, 0.3) is 17.7 Å². The number of hydrogen-bond acceptors (Lipinski definition) is 2. The Kier molecular flexibility index (Phi) is 2.71. The van der Waals surface area contributed by atoms with Gasteiger partial charge in [0.1, 0.15) is 11.5 Å². The number of carbonyl (C=O) groups is 1. The first-order valence-electron chi connectivity index (χ1n) is 6.26. The number of rotatable bonds is 1. The summed E-state index contributed by atoms with van der Waals surface area (Å²) in [4.78, 5) is 12.3. The van der Waals surface area contributed by atoms with Crippen molar-refractivity contribution in [3.05, 3.63) is 63.9 Å². The number of furan rings is 1. The van der Waals surface area contributed by atoms with E-state index in [1.165, 1.54) is 0 Å². The van der Waals surface area contributed by atoms with Crippen molar-refractivity contribution in [1.82, 2.24) is 0 Å². The van der Waals surface area contributed by atoms with Crippen LogP contribution < -0.4 is 10.4 Å². The van der Waals surface area contributed by atoms with Crippen molar-refractivity contribution in [2.24, 2.45) is 0 Å². The third kappa shape index (κ3) is 2.06. The van der Waals surface area contributed by atoms with E-state index in [1.807, 2.05) is 56.3 Å². The van der Waals surface area contributed by atoms with E-state index >= 15 is 0 Å². The van der Waals surface area contributed by atoms with Gasteiger partial charge in [0.2, 0.25) is 0 Å². The molecule has 0 aliphatic heterocycles. The van der Waals surface area contributed by atoms with Crippen molar-refractivity contribution < 1.29 is 9.21 Å². The Balaban J connectivity index is 2.19. The summed E-state index contributed by atoms with van der Waals surface area (Å²) in [6, 6.07) is 11.7. The highest BCUT2D eigenvalue weighted by atomic mass is 16.3. The van der Waals surface area contributed by atoms with Gasteiger partial charge in [0.25, 0.3) is 0 Å². The fourth-order valence-electron chi connectivity index (χ4n) is 2.33. The average molecular weight is 250 g/mol. The van der Waals surface area contributed by atoms with Crippen LogP contribution in [0.5, 0.6) is 0 Å². The molecule has 0 saturated heterocycles. The molecule has 2 nitrogen and oxygen atoms in total. The Hall–Kier alpha value is -2.35. The number of fused-ring (bicyclic) bond motifs is 1. The van der Waals surface area contributed by atoms with E-state index < -0.39 is 0 Å². The smallest absolute Gasteiger partial charge is 0.189 e. The summed E-state index contributed by atoms with van der Waals surface area (Å²) in [5.74, 6) is 1.62. The second-order valence-electron chi connectivity index (χ2n) is 4.73. The Morgan fingerprint density at radius 2 is 1.84 bits per heavy atom. The van der Waals surface area contributed by atoms with Crippen LogP contribution in [0, 0.1) is 6.92 Å². The maximum Gasteiger partial charge on any atom is 0.189 e. The van der Waals surface area contributed by atoms with Gasteiger partial charge in [-0.15, -0.1) is 0 Å². The molecule has 1 aromatic heterocycles. The normalized spacial score (nSPS) is 16.4. The monoisotopic (exact) mass is 250 g/mol. The van der Waals surface area contributed by atoms with E-state index in [1.54, 1.807) is 6.08 Å². The van der Waals surface area contributed by atoms with Gasteiger partial charge in [-0.25, -0.2) is 0 Å². The second-order valence-corrected chi connectivity index (χ2v) is 4.73. The minimum absolute atomic E-state index is 0.0627. The zero-order valence-corrected chi connectivity index (χ0v) is 10.9. The van der Waals surface area contributed by atoms with Gasteiger partial charge in [-0.3, -0.25) is 4.79 Å². The lowest BCUT2D eigenvalue weighted by Crippen LogP contribution is -2.32. The van der Waals surface area contributed by atoms with E-state index in [0.29, 0.717) is 11.3 Å². The number of hydrogen-bond donors (Lipinski definition) is 0. The van der Waals surface area contributed by atoms with Gasteiger partial charge in [-0.05, 0) is 48.6 Å². The van der Waals surface area contributed by atoms with Gasteiger partial charge in [0.15, 0.2) is 5.78 Å². The lowest BCUT2D eigenvalue weighted by Gasteiger charge is -2.08. The zero-order valence-electron chi connectivity index (χ0n) is 10.9. The Morgan fingerprint density at radius 3 is 2.58 bits per heavy atom. The fourth-order valence-corrected chi connectivity index (χ4v) is 2.33. The van der Waals surface area contributed by atoms with E-state index in [9.17, 15) is 4.79 Å². The summed E-state index contributed by atoms with van der Waals surface area (Å²) in [5.41, 5.74) is 1.46. The van der Waals surface area contributed by atoms with Crippen molar-refractivity contribution in [3.63, 3.8) is 0 Å². The zero-order chi connectivity index (χ0) is 13.4. The highest BCUT2D eigenvalue weighted by Gasteiger charge is 2.15. The summed E-state index contributed by atoms with van der Waals surface area (Å²) in [6.45, 7) is 3.76. The topological polar surface area (TPSA) is 30.2 Å². The van der Waals surface area contributed by atoms with Crippen LogP contribution in [0.4, 0.5) is 0 Å². The van der Waals surface area contributed by atoms with E-state index in [2.05, 4.69) is 0 Å². The third-order valence-electron chi connectivity index (χ3n) is 3.34. The van der Waals surface area contributed by atoms with Crippen LogP contribution in [-0.2, 0) is 4.79 Å². The van der Waals surface area contributed by atoms with Crippen LogP contribution >= 0.6 is 0 Å². The molecule has 19 heavy (non-hydrogen) atoms. The molecule has 0 radical (unpaired) electrons. The molecule has 0 N–H and O–H groups in total. The van der Waals surface area contributed by atoms with E-state index in [0.717, 1.165) is 21.8 Å². The predicted molar refractivity (Wildman–Crippen MR) is 75.7 cm³/mol. The quantitative estimate of drug-likeness (QED) is 0.726. The molecule has 0 bridgehead atoms. The molecule has 94 valence electrons. The molecule has 2 heteroatoms. The molecule has 2 aromatic rings. The van der Waals surface area contributed by atoms with E-state index in [4.69, 9.17) is 4.42 Å². The molecule has 1 heterocycles. The third-order valence-corrected chi connectivity index (χ3v) is 3.34. The van der Waals surface area contributed by atoms with Gasteiger partial charge in [-0.2, -0.15) is 0 Å². The van der Waals surface area contributed by atoms with Crippen LogP contribution in [0.1, 0.15) is 18.4 Å². The first-order valence-corrected chi connectivity index (χ1v) is 6.26. The first kappa shape index (κ1) is 11.7. The van der Waals surface area contributed by atoms with Crippen LogP contribution in [0.2, 0.25) is 0 Å². The largest absolute Gasteiger partial charge is 0.462 e. The van der Waals surface area contributed by atoms with Gasteiger partial charge in [0, 0.05) is 11.1 Å². The van der Waals surface area contributed by atoms with Crippen molar-refractivity contribution in [1.29, 1.82) is 0 Å². The van der Waals surface area contributed by atoms with Crippen LogP contribution in [-0.4, -0.2) is 5.78 Å². The highest BCUT2D eigenvalue weighted by Crippen LogP contribution is 2.16. The standard InChI is InChI=1S/C17H14O2/c1-11-7-8-15(19-11)10-14-9-13-5-3-4-6-16(13)12(2)17(14)18/h3-10H,1-2H3/b14-10-. The fraction of sp³-hybridized carbons (Fsp3) is 0.118. The van der Waals surface area contributed by atoms with Gasteiger partial charge in [-0.1, -0.05) is 24.3 Å². The van der Waals surface area contributed by atoms with E-state index in [-0.39, 0.29) is 5.78 Å². The van der Waals surface area contributed by atoms with Gasteiger partial charge < -0.3 is 4.42 Å². The molecule has 3 rings (SSSR count). The molecule has 0 fully saturated rings. The first-order chi connectivity index (χ1) is 9.15. The number of ketones is 1. The molecule has 1 aromatic carbocycles. The van der Waals surface area contributed by atoms with Crippen molar-refractivity contribution in [3.8, 4) is 0 Å². The summed E-state index contributed by atoms with van der Waals surface area (Å²) in [5, 5.41) is 2.09. The molecule has 1 aliphatic carbocycles. The minimum atomic E-state index is 0.0627. The number of benzene rings is 1. The van der Waals surface area contributed by atoms with Crippen molar-refractivity contribution in [2.75, 3.05) is 0 Å². The highest BCUT2D eigenvalue weighted by molar-refractivity contribution is 6.29. The maximum absolute atomic E-state index is 12.3. The second kappa shape index (κ2) is 4.39. The van der Waals surface area contributed by atoms with Crippen LogP contribution in [0.15, 0.2) is 46.4 Å². The molecule has 1 aliphatic rings. The molecular weight excluding hydrogens is 236 g/mol. The molecule has 0 atom stereocenters. The summed E-state index contributed by atoms with van der Waals surface area (Å²) >= 11 is 0. The van der Waals surface area contributed by atoms with Gasteiger partial charge >= 0.3 is 0 Å². The number of Topliss-reactive ketones (excluding diaryl/α,β-unsaturated/α-hetero) is 1. The summed E-state index contributed by atoms with van der Waals surface area (Å²) < 4.78 is 5.50. The Morgan fingerprint density at radius 1 is 1.05 bits per heavy atom. The molecule has 0 amide bonds.